The van der Waals surface area contributed by atoms with Gasteiger partial charge in [0.2, 0.25) is 0 Å². The van der Waals surface area contributed by atoms with E-state index in [1.807, 2.05) is 0 Å². The number of nitrogens with zero attached hydrogens (tertiary/aromatic N) is 1. The Balaban J connectivity index is 2.01. The Kier molecular flexibility index (Phi) is 2.28. The predicted octanol–water partition coefficient (Wildman–Crippen LogP) is 3.68. The van der Waals surface area contributed by atoms with Crippen molar-refractivity contribution in [3.63, 3.8) is 0 Å². The first-order chi connectivity index (χ1) is 7.42. The van der Waals surface area contributed by atoms with Gasteiger partial charge in [0.25, 0.3) is 0 Å². The van der Waals surface area contributed by atoms with Crippen LogP contribution in [0.5, 0.6) is 0 Å². The molecule has 0 amide bonds. The molecule has 2 aliphatic rings. The van der Waals surface area contributed by atoms with E-state index in [9.17, 15) is 0 Å². The van der Waals surface area contributed by atoms with Crippen molar-refractivity contribution in [2.45, 2.75) is 44.7 Å². The lowest BCUT2D eigenvalue weighted by Gasteiger charge is -2.34. The minimum absolute atomic E-state index is 0.736. The second-order valence-corrected chi connectivity index (χ2v) is 4.83. The van der Waals surface area contributed by atoms with Crippen LogP contribution in [0, 0.1) is 0 Å². The lowest BCUT2D eigenvalue weighted by molar-refractivity contribution is 0.109. The Morgan fingerprint density at radius 1 is 1.13 bits per heavy atom. The van der Waals surface area contributed by atoms with Crippen LogP contribution in [-0.2, 0) is 0 Å². The standard InChI is InChI=1S/C14H19N/c1-2-10-15-13-8-5-9-14(15)12-7-4-3-6-11(12)13/h3-4,6-7,13-14H,2,5,8-10H2,1H3. The van der Waals surface area contributed by atoms with Gasteiger partial charge in [-0.15, -0.1) is 0 Å². The van der Waals surface area contributed by atoms with E-state index in [-0.39, 0.29) is 0 Å². The Morgan fingerprint density at radius 2 is 1.73 bits per heavy atom. The van der Waals surface area contributed by atoms with Gasteiger partial charge in [-0.2, -0.15) is 0 Å². The lowest BCUT2D eigenvalue weighted by Crippen LogP contribution is -2.30. The number of fused-ring (bicyclic) bond motifs is 5. The molecular weight excluding hydrogens is 182 g/mol. The minimum Gasteiger partial charge on any atom is -0.289 e. The van der Waals surface area contributed by atoms with Crippen molar-refractivity contribution in [2.24, 2.45) is 0 Å². The molecule has 15 heavy (non-hydrogen) atoms. The summed E-state index contributed by atoms with van der Waals surface area (Å²) in [7, 11) is 0. The topological polar surface area (TPSA) is 3.24 Å². The molecule has 0 aromatic heterocycles. The SMILES string of the molecule is CCCN1C2CCCC1c1ccccc12. The molecule has 2 atom stereocenters. The van der Waals surface area contributed by atoms with Crippen LogP contribution < -0.4 is 0 Å². The fraction of sp³-hybridized carbons (Fsp3) is 0.571. The van der Waals surface area contributed by atoms with Crippen LogP contribution >= 0.6 is 0 Å². The average molecular weight is 201 g/mol. The summed E-state index contributed by atoms with van der Waals surface area (Å²) in [5.74, 6) is 0. The Morgan fingerprint density at radius 3 is 2.27 bits per heavy atom. The summed E-state index contributed by atoms with van der Waals surface area (Å²) in [5, 5.41) is 0. The third-order valence-corrected chi connectivity index (χ3v) is 3.95. The van der Waals surface area contributed by atoms with Crippen LogP contribution in [0.1, 0.15) is 55.8 Å². The number of benzene rings is 1. The van der Waals surface area contributed by atoms with Crippen LogP contribution in [-0.4, -0.2) is 11.4 Å². The van der Waals surface area contributed by atoms with Gasteiger partial charge in [0, 0.05) is 12.1 Å². The highest BCUT2D eigenvalue weighted by atomic mass is 15.2. The lowest BCUT2D eigenvalue weighted by atomic mass is 10.0. The zero-order valence-corrected chi connectivity index (χ0v) is 9.45. The summed E-state index contributed by atoms with van der Waals surface area (Å²) >= 11 is 0. The number of hydrogen-bond donors (Lipinski definition) is 0. The number of piperidine rings is 1. The van der Waals surface area contributed by atoms with Crippen molar-refractivity contribution in [3.05, 3.63) is 35.4 Å². The van der Waals surface area contributed by atoms with Gasteiger partial charge >= 0.3 is 0 Å². The maximum absolute atomic E-state index is 2.73. The Labute approximate surface area is 92.1 Å². The van der Waals surface area contributed by atoms with Gasteiger partial charge in [-0.05, 0) is 43.4 Å². The summed E-state index contributed by atoms with van der Waals surface area (Å²) in [5.41, 5.74) is 3.24. The predicted molar refractivity (Wildman–Crippen MR) is 62.8 cm³/mol. The Hall–Kier alpha value is -0.820. The first-order valence-electron chi connectivity index (χ1n) is 6.26. The summed E-state index contributed by atoms with van der Waals surface area (Å²) < 4.78 is 0. The van der Waals surface area contributed by atoms with Gasteiger partial charge in [0.1, 0.15) is 0 Å². The molecule has 2 aliphatic heterocycles. The van der Waals surface area contributed by atoms with Crippen molar-refractivity contribution in [2.75, 3.05) is 6.54 Å². The zero-order chi connectivity index (χ0) is 10.3. The third-order valence-electron chi connectivity index (χ3n) is 3.95. The molecule has 0 radical (unpaired) electrons. The van der Waals surface area contributed by atoms with Crippen molar-refractivity contribution >= 4 is 0 Å². The van der Waals surface area contributed by atoms with E-state index in [2.05, 4.69) is 36.1 Å². The van der Waals surface area contributed by atoms with Crippen molar-refractivity contribution < 1.29 is 0 Å². The highest BCUT2D eigenvalue weighted by molar-refractivity contribution is 5.38. The second kappa shape index (κ2) is 3.64. The maximum Gasteiger partial charge on any atom is 0.0357 e. The Bertz CT molecular complexity index is 327. The summed E-state index contributed by atoms with van der Waals surface area (Å²) in [6.07, 6.45) is 5.42. The molecule has 2 heterocycles. The third kappa shape index (κ3) is 1.33. The second-order valence-electron chi connectivity index (χ2n) is 4.83. The van der Waals surface area contributed by atoms with E-state index in [0.29, 0.717) is 0 Å². The van der Waals surface area contributed by atoms with Gasteiger partial charge in [0.15, 0.2) is 0 Å². The molecular formula is C14H19N. The molecule has 0 aliphatic carbocycles. The molecule has 1 aromatic carbocycles. The van der Waals surface area contributed by atoms with Gasteiger partial charge in [-0.25, -0.2) is 0 Å². The van der Waals surface area contributed by atoms with Crippen LogP contribution in [0.4, 0.5) is 0 Å². The van der Waals surface area contributed by atoms with E-state index in [1.165, 1.54) is 32.2 Å². The highest BCUT2D eigenvalue weighted by Crippen LogP contribution is 2.50. The molecule has 1 saturated heterocycles. The monoisotopic (exact) mass is 201 g/mol. The van der Waals surface area contributed by atoms with Gasteiger partial charge in [-0.1, -0.05) is 31.2 Å². The smallest absolute Gasteiger partial charge is 0.0357 e. The normalized spacial score (nSPS) is 29.1. The van der Waals surface area contributed by atoms with E-state index in [1.54, 1.807) is 11.1 Å². The molecule has 2 bridgehead atoms. The maximum atomic E-state index is 2.73. The fourth-order valence-electron chi connectivity index (χ4n) is 3.41. The van der Waals surface area contributed by atoms with Gasteiger partial charge in [-0.3, -0.25) is 4.90 Å². The molecule has 0 spiro atoms. The molecule has 3 rings (SSSR count). The van der Waals surface area contributed by atoms with Gasteiger partial charge < -0.3 is 0 Å². The first kappa shape index (κ1) is 9.41. The molecule has 0 saturated carbocycles. The van der Waals surface area contributed by atoms with Gasteiger partial charge in [0.05, 0.1) is 0 Å². The van der Waals surface area contributed by atoms with Crippen molar-refractivity contribution in [1.82, 2.24) is 4.90 Å². The molecule has 1 nitrogen and oxygen atoms in total. The summed E-state index contributed by atoms with van der Waals surface area (Å²) in [6, 6.07) is 10.6. The molecule has 80 valence electrons. The molecule has 1 heteroatoms. The van der Waals surface area contributed by atoms with E-state index in [0.717, 1.165) is 12.1 Å². The van der Waals surface area contributed by atoms with Crippen LogP contribution in [0.25, 0.3) is 0 Å². The largest absolute Gasteiger partial charge is 0.289 e. The quantitative estimate of drug-likeness (QED) is 0.705. The molecule has 1 fully saturated rings. The number of rotatable bonds is 2. The van der Waals surface area contributed by atoms with Crippen molar-refractivity contribution in [3.8, 4) is 0 Å². The van der Waals surface area contributed by atoms with Crippen LogP contribution in [0.15, 0.2) is 24.3 Å². The van der Waals surface area contributed by atoms with E-state index >= 15 is 0 Å². The van der Waals surface area contributed by atoms with E-state index in [4.69, 9.17) is 0 Å². The van der Waals surface area contributed by atoms with E-state index < -0.39 is 0 Å². The minimum atomic E-state index is 0.736. The summed E-state index contributed by atoms with van der Waals surface area (Å²) in [6.45, 7) is 3.56. The molecule has 2 unspecified atom stereocenters. The zero-order valence-electron chi connectivity index (χ0n) is 9.45. The molecule has 1 aromatic rings. The average Bonchev–Trinajstić information content (AvgIpc) is 2.46. The van der Waals surface area contributed by atoms with Crippen LogP contribution in [0.3, 0.4) is 0 Å². The fourth-order valence-corrected chi connectivity index (χ4v) is 3.41. The first-order valence-corrected chi connectivity index (χ1v) is 6.26. The highest BCUT2D eigenvalue weighted by Gasteiger charge is 2.39. The summed E-state index contributed by atoms with van der Waals surface area (Å²) in [4.78, 5) is 2.73. The van der Waals surface area contributed by atoms with Crippen molar-refractivity contribution in [1.29, 1.82) is 0 Å². The van der Waals surface area contributed by atoms with Crippen LogP contribution in [0.2, 0.25) is 0 Å². The molecule has 0 N–H and O–H groups in total. The number of hydrogen-bond acceptors (Lipinski definition) is 1.